The van der Waals surface area contributed by atoms with Crippen molar-refractivity contribution in [2.75, 3.05) is 10.0 Å². The van der Waals surface area contributed by atoms with Crippen LogP contribution in [0.1, 0.15) is 11.1 Å². The molecule has 0 saturated heterocycles. The number of halogens is 3. The van der Waals surface area contributed by atoms with Crippen LogP contribution in [0.5, 0.6) is 0 Å². The molecule has 0 radical (unpaired) electrons. The smallest absolute Gasteiger partial charge is 0.340 e. The summed E-state index contributed by atoms with van der Waals surface area (Å²) in [5.74, 6) is 0.335. The molecule has 10 heteroatoms. The maximum atomic E-state index is 12.6. The second kappa shape index (κ2) is 7.81. The Labute approximate surface area is 164 Å². The number of nitriles is 1. The van der Waals surface area contributed by atoms with E-state index >= 15 is 0 Å². The number of benzene rings is 2. The summed E-state index contributed by atoms with van der Waals surface area (Å²) < 4.78 is 65.1. The Morgan fingerprint density at radius 3 is 2.17 bits per heavy atom. The van der Waals surface area contributed by atoms with E-state index in [1.807, 2.05) is 6.07 Å². The van der Waals surface area contributed by atoms with Crippen molar-refractivity contribution in [1.82, 2.24) is 4.98 Å². The topological polar surface area (TPSA) is 94.9 Å². The molecule has 6 nitrogen and oxygen atoms in total. The lowest BCUT2D eigenvalue weighted by Crippen LogP contribution is -2.14. The van der Waals surface area contributed by atoms with Gasteiger partial charge >= 0.3 is 6.18 Å². The maximum absolute atomic E-state index is 12.6. The summed E-state index contributed by atoms with van der Waals surface area (Å²) in [5, 5.41) is 11.8. The van der Waals surface area contributed by atoms with Crippen molar-refractivity contribution < 1.29 is 21.6 Å². The normalized spacial score (nSPS) is 11.5. The van der Waals surface area contributed by atoms with Gasteiger partial charge in [0, 0.05) is 18.0 Å². The van der Waals surface area contributed by atoms with Crippen LogP contribution in [0.2, 0.25) is 0 Å². The first kappa shape index (κ1) is 20.2. The van der Waals surface area contributed by atoms with Crippen LogP contribution in [0.15, 0.2) is 71.8 Å². The van der Waals surface area contributed by atoms with Crippen molar-refractivity contribution in [2.45, 2.75) is 11.1 Å². The molecule has 3 aromatic rings. The third-order valence-electron chi connectivity index (χ3n) is 3.79. The van der Waals surface area contributed by atoms with Gasteiger partial charge in [0.1, 0.15) is 5.82 Å². The number of alkyl halides is 3. The molecule has 0 bridgehead atoms. The van der Waals surface area contributed by atoms with Crippen molar-refractivity contribution in [3.8, 4) is 6.07 Å². The monoisotopic (exact) mass is 418 g/mol. The van der Waals surface area contributed by atoms with E-state index < -0.39 is 21.8 Å². The molecular formula is C19H13F3N4O2S. The van der Waals surface area contributed by atoms with Gasteiger partial charge in [0.25, 0.3) is 10.0 Å². The molecule has 0 aliphatic rings. The fourth-order valence-corrected chi connectivity index (χ4v) is 3.43. The van der Waals surface area contributed by atoms with Crippen LogP contribution < -0.4 is 10.0 Å². The number of nitrogens with zero attached hydrogens (tertiary/aromatic N) is 2. The average Bonchev–Trinajstić information content (AvgIpc) is 2.68. The lowest BCUT2D eigenvalue weighted by molar-refractivity contribution is -0.137. The van der Waals surface area contributed by atoms with Crippen LogP contribution in [-0.2, 0) is 16.2 Å². The quantitative estimate of drug-likeness (QED) is 0.635. The molecule has 0 saturated carbocycles. The summed E-state index contributed by atoms with van der Waals surface area (Å²) in [4.78, 5) is 3.78. The van der Waals surface area contributed by atoms with E-state index in [2.05, 4.69) is 15.0 Å². The van der Waals surface area contributed by atoms with E-state index in [0.717, 1.165) is 12.1 Å². The van der Waals surface area contributed by atoms with Gasteiger partial charge in [-0.3, -0.25) is 4.72 Å². The summed E-state index contributed by atoms with van der Waals surface area (Å²) in [6, 6.07) is 14.6. The van der Waals surface area contributed by atoms with Crippen molar-refractivity contribution in [1.29, 1.82) is 5.26 Å². The summed E-state index contributed by atoms with van der Waals surface area (Å²) in [6.07, 6.45) is -3.18. The van der Waals surface area contributed by atoms with E-state index in [1.54, 1.807) is 24.3 Å². The highest BCUT2D eigenvalue weighted by atomic mass is 32.2. The van der Waals surface area contributed by atoms with Gasteiger partial charge in [-0.15, -0.1) is 0 Å². The van der Waals surface area contributed by atoms with Crippen LogP contribution in [-0.4, -0.2) is 13.4 Å². The zero-order valence-electron chi connectivity index (χ0n) is 14.6. The minimum absolute atomic E-state index is 0.177. The Morgan fingerprint density at radius 1 is 0.931 bits per heavy atom. The van der Waals surface area contributed by atoms with Gasteiger partial charge in [0.15, 0.2) is 0 Å². The lowest BCUT2D eigenvalue weighted by atomic mass is 10.2. The Kier molecular flexibility index (Phi) is 5.43. The molecule has 0 aliphatic carbocycles. The number of sulfonamides is 1. The van der Waals surface area contributed by atoms with Crippen LogP contribution in [0.3, 0.4) is 0 Å². The fraction of sp³-hybridized carbons (Fsp3) is 0.0526. The Hall–Kier alpha value is -3.58. The van der Waals surface area contributed by atoms with Gasteiger partial charge < -0.3 is 5.32 Å². The summed E-state index contributed by atoms with van der Waals surface area (Å²) in [6.45, 7) is 0. The van der Waals surface area contributed by atoms with E-state index in [4.69, 9.17) is 5.26 Å². The van der Waals surface area contributed by atoms with Crippen molar-refractivity contribution in [3.05, 3.63) is 78.0 Å². The van der Waals surface area contributed by atoms with E-state index in [1.165, 1.54) is 18.3 Å². The summed E-state index contributed by atoms with van der Waals surface area (Å²) in [7, 11) is -4.08. The molecule has 29 heavy (non-hydrogen) atoms. The molecule has 0 unspecified atom stereocenters. The Morgan fingerprint density at radius 2 is 1.59 bits per heavy atom. The van der Waals surface area contributed by atoms with Gasteiger partial charge in [-0.2, -0.15) is 18.4 Å². The third-order valence-corrected chi connectivity index (χ3v) is 5.19. The highest BCUT2D eigenvalue weighted by molar-refractivity contribution is 7.92. The number of rotatable bonds is 5. The number of nitrogens with one attached hydrogen (secondary N) is 2. The number of hydrogen-bond donors (Lipinski definition) is 2. The molecule has 3 rings (SSSR count). The van der Waals surface area contributed by atoms with Gasteiger partial charge in [0.05, 0.1) is 27.8 Å². The van der Waals surface area contributed by atoms with Crippen LogP contribution >= 0.6 is 0 Å². The third kappa shape index (κ3) is 5.03. The second-order valence-electron chi connectivity index (χ2n) is 5.87. The van der Waals surface area contributed by atoms with Crippen LogP contribution in [0, 0.1) is 11.3 Å². The molecule has 1 aromatic heterocycles. The van der Waals surface area contributed by atoms with Gasteiger partial charge in [-0.05, 0) is 54.6 Å². The number of hydrogen-bond acceptors (Lipinski definition) is 5. The minimum Gasteiger partial charge on any atom is -0.340 e. The zero-order chi connectivity index (χ0) is 21.1. The maximum Gasteiger partial charge on any atom is 0.416 e. The first-order chi connectivity index (χ1) is 13.7. The lowest BCUT2D eigenvalue weighted by Gasteiger charge is -2.11. The molecule has 1 heterocycles. The van der Waals surface area contributed by atoms with Crippen LogP contribution in [0.25, 0.3) is 0 Å². The fourth-order valence-electron chi connectivity index (χ4n) is 2.38. The molecule has 0 amide bonds. The summed E-state index contributed by atoms with van der Waals surface area (Å²) >= 11 is 0. The number of aromatic nitrogens is 1. The zero-order valence-corrected chi connectivity index (χ0v) is 15.4. The van der Waals surface area contributed by atoms with Gasteiger partial charge in [-0.25, -0.2) is 13.4 Å². The standard InChI is InChI=1S/C19H13F3N4O2S/c20-19(21,22)14-3-7-17(8-4-14)29(27,28)26-16-9-10-24-18(11-16)25-15-5-1-13(12-23)2-6-15/h1-11H,(H2,24,25,26). The average molecular weight is 418 g/mol. The van der Waals surface area contributed by atoms with Crippen molar-refractivity contribution in [3.63, 3.8) is 0 Å². The van der Waals surface area contributed by atoms with Crippen LogP contribution in [0.4, 0.5) is 30.4 Å². The van der Waals surface area contributed by atoms with Crippen molar-refractivity contribution in [2.24, 2.45) is 0 Å². The molecule has 2 aromatic carbocycles. The Balaban J connectivity index is 1.77. The molecule has 0 aliphatic heterocycles. The largest absolute Gasteiger partial charge is 0.416 e. The first-order valence-electron chi connectivity index (χ1n) is 8.11. The van der Waals surface area contributed by atoms with E-state index in [0.29, 0.717) is 29.2 Å². The molecule has 148 valence electrons. The predicted molar refractivity (Wildman–Crippen MR) is 101 cm³/mol. The molecule has 0 atom stereocenters. The molecular weight excluding hydrogens is 405 g/mol. The Bertz CT molecular complexity index is 1150. The highest BCUT2D eigenvalue weighted by Gasteiger charge is 2.30. The highest BCUT2D eigenvalue weighted by Crippen LogP contribution is 2.30. The molecule has 0 spiro atoms. The van der Waals surface area contributed by atoms with Gasteiger partial charge in [-0.1, -0.05) is 0 Å². The van der Waals surface area contributed by atoms with E-state index in [-0.39, 0.29) is 10.6 Å². The molecule has 0 fully saturated rings. The van der Waals surface area contributed by atoms with Gasteiger partial charge in [0.2, 0.25) is 0 Å². The first-order valence-corrected chi connectivity index (χ1v) is 9.59. The predicted octanol–water partition coefficient (Wildman–Crippen LogP) is 4.52. The second-order valence-corrected chi connectivity index (χ2v) is 7.55. The van der Waals surface area contributed by atoms with E-state index in [9.17, 15) is 21.6 Å². The van der Waals surface area contributed by atoms with Crippen molar-refractivity contribution >= 4 is 27.2 Å². The molecule has 2 N–H and O–H groups in total. The number of pyridine rings is 1. The minimum atomic E-state index is -4.55. The SMILES string of the molecule is N#Cc1ccc(Nc2cc(NS(=O)(=O)c3ccc(C(F)(F)F)cc3)ccn2)cc1. The number of anilines is 3. The summed E-state index contributed by atoms with van der Waals surface area (Å²) in [5.41, 5.74) is 0.367.